The third-order valence-corrected chi connectivity index (χ3v) is 3.19. The van der Waals surface area contributed by atoms with Crippen LogP contribution in [-0.4, -0.2) is 43.6 Å². The Kier molecular flexibility index (Phi) is 3.28. The molecular formula is C13H15N5O3. The summed E-state index contributed by atoms with van der Waals surface area (Å²) in [6.07, 6.45) is 2.66. The minimum atomic E-state index is -0.876. The monoisotopic (exact) mass is 289 g/mol. The van der Waals surface area contributed by atoms with Crippen LogP contribution in [0.1, 0.15) is 36.1 Å². The summed E-state index contributed by atoms with van der Waals surface area (Å²) < 4.78 is 6.53. The molecule has 0 radical (unpaired) electrons. The lowest BCUT2D eigenvalue weighted by molar-refractivity contribution is -0.129. The molecule has 0 unspecified atom stereocenters. The molecule has 1 N–H and O–H groups in total. The maximum absolute atomic E-state index is 12.0. The lowest BCUT2D eigenvalue weighted by Crippen LogP contribution is -2.37. The number of nitrogens with zero attached hydrogens (tertiary/aromatic N) is 4. The minimum absolute atomic E-state index is 0.108. The van der Waals surface area contributed by atoms with Crippen LogP contribution in [0.25, 0.3) is 5.78 Å². The summed E-state index contributed by atoms with van der Waals surface area (Å²) in [5.41, 5.74) is 0.797. The standard InChI is InChI=1S/C13H15N5O3/c1-7-5-6-14-13-16-10(17-18(7)13)12(20)21-8(2)11(19)15-9-3-4-9/h5-6,8-9H,3-4H2,1-2H3,(H,15,19)/t8-/m0/s1. The number of ether oxygens (including phenoxy) is 1. The van der Waals surface area contributed by atoms with Gasteiger partial charge in [-0.3, -0.25) is 4.79 Å². The highest BCUT2D eigenvalue weighted by Gasteiger charge is 2.28. The zero-order chi connectivity index (χ0) is 15.0. The first-order valence-corrected chi connectivity index (χ1v) is 6.74. The molecular weight excluding hydrogens is 274 g/mol. The highest BCUT2D eigenvalue weighted by Crippen LogP contribution is 2.18. The first-order valence-electron chi connectivity index (χ1n) is 6.74. The first kappa shape index (κ1) is 13.5. The zero-order valence-electron chi connectivity index (χ0n) is 11.7. The van der Waals surface area contributed by atoms with Gasteiger partial charge in [0.05, 0.1) is 0 Å². The van der Waals surface area contributed by atoms with Crippen LogP contribution in [0, 0.1) is 6.92 Å². The van der Waals surface area contributed by atoms with Gasteiger partial charge in [0.25, 0.3) is 17.5 Å². The number of aromatic nitrogens is 4. The maximum atomic E-state index is 12.0. The van der Waals surface area contributed by atoms with Gasteiger partial charge in [-0.25, -0.2) is 14.3 Å². The second-order valence-corrected chi connectivity index (χ2v) is 5.06. The van der Waals surface area contributed by atoms with Crippen molar-refractivity contribution in [3.8, 4) is 0 Å². The van der Waals surface area contributed by atoms with Gasteiger partial charge in [0.15, 0.2) is 6.10 Å². The van der Waals surface area contributed by atoms with Crippen LogP contribution in [0.5, 0.6) is 0 Å². The fourth-order valence-corrected chi connectivity index (χ4v) is 1.81. The van der Waals surface area contributed by atoms with E-state index in [1.54, 1.807) is 12.3 Å². The molecule has 1 saturated carbocycles. The van der Waals surface area contributed by atoms with E-state index in [9.17, 15) is 9.59 Å². The number of rotatable bonds is 4. The summed E-state index contributed by atoms with van der Waals surface area (Å²) in [6.45, 7) is 3.35. The summed E-state index contributed by atoms with van der Waals surface area (Å²) in [6, 6.07) is 1.97. The van der Waals surface area contributed by atoms with Crippen molar-refractivity contribution in [1.82, 2.24) is 24.9 Å². The van der Waals surface area contributed by atoms with Gasteiger partial charge in [-0.1, -0.05) is 0 Å². The van der Waals surface area contributed by atoms with Crippen LogP contribution in [0.3, 0.4) is 0 Å². The van der Waals surface area contributed by atoms with Crippen molar-refractivity contribution >= 4 is 17.7 Å². The molecule has 2 aromatic heterocycles. The van der Waals surface area contributed by atoms with E-state index < -0.39 is 12.1 Å². The number of carbonyl (C=O) groups excluding carboxylic acids is 2. The van der Waals surface area contributed by atoms with Crippen LogP contribution < -0.4 is 5.32 Å². The second kappa shape index (κ2) is 5.12. The average Bonchev–Trinajstić information content (AvgIpc) is 3.14. The molecule has 2 heterocycles. The Morgan fingerprint density at radius 3 is 2.90 bits per heavy atom. The molecule has 1 aliphatic carbocycles. The van der Waals surface area contributed by atoms with Gasteiger partial charge in [0.2, 0.25) is 0 Å². The molecule has 0 spiro atoms. The number of carbonyl (C=O) groups is 2. The number of hydrogen-bond donors (Lipinski definition) is 1. The Bertz CT molecular complexity index is 707. The Morgan fingerprint density at radius 2 is 2.24 bits per heavy atom. The molecule has 3 rings (SSSR count). The van der Waals surface area contributed by atoms with Crippen molar-refractivity contribution in [2.24, 2.45) is 0 Å². The third-order valence-electron chi connectivity index (χ3n) is 3.19. The number of amides is 1. The number of esters is 1. The molecule has 8 nitrogen and oxygen atoms in total. The van der Waals surface area contributed by atoms with Crippen LogP contribution >= 0.6 is 0 Å². The second-order valence-electron chi connectivity index (χ2n) is 5.06. The molecule has 2 aromatic rings. The van der Waals surface area contributed by atoms with E-state index in [1.165, 1.54) is 11.4 Å². The highest BCUT2D eigenvalue weighted by atomic mass is 16.5. The van der Waals surface area contributed by atoms with E-state index in [-0.39, 0.29) is 17.8 Å². The first-order chi connectivity index (χ1) is 10.0. The summed E-state index contributed by atoms with van der Waals surface area (Å²) in [5, 5.41) is 6.81. The minimum Gasteiger partial charge on any atom is -0.447 e. The van der Waals surface area contributed by atoms with Gasteiger partial charge in [0, 0.05) is 17.9 Å². The quantitative estimate of drug-likeness (QED) is 0.810. The topological polar surface area (TPSA) is 98.5 Å². The Labute approximate surface area is 120 Å². The number of hydrogen-bond acceptors (Lipinski definition) is 6. The predicted octanol–water partition coefficient (Wildman–Crippen LogP) is 0.257. The average molecular weight is 289 g/mol. The van der Waals surface area contributed by atoms with Gasteiger partial charge < -0.3 is 10.1 Å². The van der Waals surface area contributed by atoms with Gasteiger partial charge in [-0.05, 0) is 32.8 Å². The van der Waals surface area contributed by atoms with E-state index in [1.807, 2.05) is 6.92 Å². The van der Waals surface area contributed by atoms with Crippen molar-refractivity contribution in [1.29, 1.82) is 0 Å². The van der Waals surface area contributed by atoms with E-state index in [2.05, 4.69) is 20.4 Å². The Balaban J connectivity index is 1.71. The smallest absolute Gasteiger partial charge is 0.379 e. The molecule has 1 fully saturated rings. The fraction of sp³-hybridized carbons (Fsp3) is 0.462. The number of nitrogens with one attached hydrogen (secondary N) is 1. The molecule has 0 saturated heterocycles. The number of aryl methyl sites for hydroxylation is 1. The third kappa shape index (κ3) is 2.83. The van der Waals surface area contributed by atoms with E-state index >= 15 is 0 Å². The molecule has 21 heavy (non-hydrogen) atoms. The molecule has 8 heteroatoms. The summed E-state index contributed by atoms with van der Waals surface area (Å²) in [5.74, 6) is -0.831. The van der Waals surface area contributed by atoms with Crippen molar-refractivity contribution < 1.29 is 14.3 Å². The predicted molar refractivity (Wildman–Crippen MR) is 71.6 cm³/mol. The summed E-state index contributed by atoms with van der Waals surface area (Å²) >= 11 is 0. The summed E-state index contributed by atoms with van der Waals surface area (Å²) in [4.78, 5) is 31.7. The van der Waals surface area contributed by atoms with Crippen molar-refractivity contribution in [3.63, 3.8) is 0 Å². The normalized spacial score (nSPS) is 15.7. The van der Waals surface area contributed by atoms with Gasteiger partial charge in [-0.15, -0.1) is 5.10 Å². The molecule has 0 bridgehead atoms. The van der Waals surface area contributed by atoms with Crippen LogP contribution in [-0.2, 0) is 9.53 Å². The Hall–Kier alpha value is -2.51. The van der Waals surface area contributed by atoms with Crippen molar-refractivity contribution in [3.05, 3.63) is 23.8 Å². The summed E-state index contributed by atoms with van der Waals surface area (Å²) in [7, 11) is 0. The fourth-order valence-electron chi connectivity index (χ4n) is 1.81. The van der Waals surface area contributed by atoms with Crippen molar-refractivity contribution in [2.45, 2.75) is 38.8 Å². The van der Waals surface area contributed by atoms with Gasteiger partial charge >= 0.3 is 5.97 Å². The van der Waals surface area contributed by atoms with Gasteiger partial charge in [0.1, 0.15) is 0 Å². The highest BCUT2D eigenvalue weighted by molar-refractivity contribution is 5.89. The molecule has 1 amide bonds. The lowest BCUT2D eigenvalue weighted by Gasteiger charge is -2.11. The Morgan fingerprint density at radius 1 is 1.48 bits per heavy atom. The van der Waals surface area contributed by atoms with E-state index in [0.29, 0.717) is 5.78 Å². The van der Waals surface area contributed by atoms with Crippen LogP contribution in [0.2, 0.25) is 0 Å². The van der Waals surface area contributed by atoms with Crippen LogP contribution in [0.4, 0.5) is 0 Å². The zero-order valence-corrected chi connectivity index (χ0v) is 11.7. The lowest BCUT2D eigenvalue weighted by atomic mass is 10.3. The molecule has 110 valence electrons. The largest absolute Gasteiger partial charge is 0.447 e. The van der Waals surface area contributed by atoms with Crippen LogP contribution in [0.15, 0.2) is 12.3 Å². The molecule has 1 atom stereocenters. The maximum Gasteiger partial charge on any atom is 0.379 e. The van der Waals surface area contributed by atoms with E-state index in [4.69, 9.17) is 4.74 Å². The van der Waals surface area contributed by atoms with Gasteiger partial charge in [-0.2, -0.15) is 4.98 Å². The van der Waals surface area contributed by atoms with E-state index in [0.717, 1.165) is 18.5 Å². The van der Waals surface area contributed by atoms with Crippen molar-refractivity contribution in [2.75, 3.05) is 0 Å². The molecule has 0 aromatic carbocycles. The number of fused-ring (bicyclic) bond motifs is 1. The molecule has 0 aliphatic heterocycles. The molecule has 1 aliphatic rings. The SMILES string of the molecule is Cc1ccnc2nc(C(=O)O[C@@H](C)C(=O)NC3CC3)nn12.